The molecule has 0 atom stereocenters. The number of carbonyl (C=O) groups is 3. The number of hydrogen-bond acceptors (Lipinski definition) is 8. The lowest BCUT2D eigenvalue weighted by Gasteiger charge is -2.15. The van der Waals surface area contributed by atoms with Gasteiger partial charge in [-0.1, -0.05) is 72.8 Å². The Kier molecular flexibility index (Phi) is 10.4. The lowest BCUT2D eigenvalue weighted by atomic mass is 10.0. The van der Waals surface area contributed by atoms with Crippen LogP contribution >= 0.6 is 0 Å². The van der Waals surface area contributed by atoms with E-state index in [4.69, 9.17) is 14.5 Å². The van der Waals surface area contributed by atoms with Gasteiger partial charge in [0.1, 0.15) is 17.9 Å². The average Bonchev–Trinajstić information content (AvgIpc) is 3.47. The highest BCUT2D eigenvalue weighted by atomic mass is 32.2. The fourth-order valence-electron chi connectivity index (χ4n) is 5.87. The molecule has 11 nitrogen and oxygen atoms in total. The molecule has 0 unspecified atom stereocenters. The monoisotopic (exact) mass is 704 g/mol. The number of rotatable bonds is 13. The fraction of sp³-hybridized carbons (Fsp3) is 0.179. The number of sulfonamides is 1. The molecule has 51 heavy (non-hydrogen) atoms. The van der Waals surface area contributed by atoms with E-state index in [9.17, 15) is 22.8 Å². The lowest BCUT2D eigenvalue weighted by molar-refractivity contribution is -0.142. The van der Waals surface area contributed by atoms with Gasteiger partial charge in [-0.2, -0.15) is 0 Å². The summed E-state index contributed by atoms with van der Waals surface area (Å²) in [4.78, 5) is 42.6. The summed E-state index contributed by atoms with van der Waals surface area (Å²) < 4.78 is 41.4. The van der Waals surface area contributed by atoms with Crippen LogP contribution < -0.4 is 10.0 Å². The van der Waals surface area contributed by atoms with Crippen LogP contribution in [0.2, 0.25) is 0 Å². The average molecular weight is 705 g/mol. The largest absolute Gasteiger partial charge is 0.461 e. The van der Waals surface area contributed by atoms with E-state index in [2.05, 4.69) is 10.0 Å². The van der Waals surface area contributed by atoms with E-state index in [1.165, 1.54) is 6.92 Å². The summed E-state index contributed by atoms with van der Waals surface area (Å²) in [7, 11) is -3.75. The molecule has 6 aromatic rings. The van der Waals surface area contributed by atoms with Crippen LogP contribution in [-0.4, -0.2) is 42.4 Å². The van der Waals surface area contributed by atoms with Crippen molar-refractivity contribution < 1.29 is 32.3 Å². The van der Waals surface area contributed by atoms with Gasteiger partial charge in [-0.05, 0) is 65.2 Å². The molecule has 2 aromatic heterocycles. The number of nitrogens with zero attached hydrogens (tertiary/aromatic N) is 2. The minimum absolute atomic E-state index is 0.0301. The van der Waals surface area contributed by atoms with E-state index in [0.717, 1.165) is 16.3 Å². The highest BCUT2D eigenvalue weighted by Crippen LogP contribution is 2.29. The summed E-state index contributed by atoms with van der Waals surface area (Å²) >= 11 is 0. The Hall–Kier alpha value is -6.01. The second kappa shape index (κ2) is 15.3. The molecule has 0 saturated heterocycles. The van der Waals surface area contributed by atoms with E-state index < -0.39 is 22.0 Å². The molecule has 0 bridgehead atoms. The maximum atomic E-state index is 13.3. The van der Waals surface area contributed by atoms with Crippen molar-refractivity contribution in [2.45, 2.75) is 39.3 Å². The van der Waals surface area contributed by atoms with E-state index in [0.29, 0.717) is 39.1 Å². The number of amides is 1. The van der Waals surface area contributed by atoms with Crippen molar-refractivity contribution in [3.8, 4) is 0 Å². The minimum Gasteiger partial charge on any atom is -0.461 e. The number of pyridine rings is 1. The van der Waals surface area contributed by atoms with Crippen molar-refractivity contribution in [3.63, 3.8) is 0 Å². The smallest absolute Gasteiger partial charge is 0.355 e. The fourth-order valence-corrected chi connectivity index (χ4v) is 7.05. The number of hydrogen-bond donors (Lipinski definition) is 2. The van der Waals surface area contributed by atoms with Crippen LogP contribution in [0.4, 0.5) is 5.69 Å². The van der Waals surface area contributed by atoms with Crippen molar-refractivity contribution >= 4 is 55.4 Å². The Morgan fingerprint density at radius 1 is 0.804 bits per heavy atom. The zero-order chi connectivity index (χ0) is 36.0. The zero-order valence-corrected chi connectivity index (χ0v) is 28.9. The topological polar surface area (TPSA) is 146 Å². The predicted octanol–water partition coefficient (Wildman–Crippen LogP) is 6.35. The summed E-state index contributed by atoms with van der Waals surface area (Å²) in [6.07, 6.45) is 0. The van der Waals surface area contributed by atoms with Gasteiger partial charge in [-0.3, -0.25) is 14.3 Å². The van der Waals surface area contributed by atoms with E-state index >= 15 is 0 Å². The second-order valence-corrected chi connectivity index (χ2v) is 13.6. The number of aromatic nitrogens is 2. The van der Waals surface area contributed by atoms with Crippen LogP contribution in [0.1, 0.15) is 57.1 Å². The number of carbonyl (C=O) groups excluding carboxylic acids is 3. The maximum absolute atomic E-state index is 13.3. The van der Waals surface area contributed by atoms with Crippen LogP contribution in [0.5, 0.6) is 0 Å². The molecule has 260 valence electrons. The molecule has 4 aromatic carbocycles. The van der Waals surface area contributed by atoms with Gasteiger partial charge in [0.15, 0.2) is 0 Å². The molecule has 12 heteroatoms. The molecule has 0 saturated carbocycles. The highest BCUT2D eigenvalue weighted by Gasteiger charge is 2.21. The molecule has 6 rings (SSSR count). The van der Waals surface area contributed by atoms with Gasteiger partial charge in [-0.15, -0.1) is 0 Å². The first kappa shape index (κ1) is 34.8. The normalized spacial score (nSPS) is 11.3. The van der Waals surface area contributed by atoms with E-state index in [1.54, 1.807) is 84.3 Å². The van der Waals surface area contributed by atoms with Crippen LogP contribution in [0.25, 0.3) is 21.8 Å². The summed E-state index contributed by atoms with van der Waals surface area (Å²) in [5, 5.41) is 5.26. The molecule has 2 N–H and O–H groups in total. The minimum atomic E-state index is -3.75. The molecular weight excluding hydrogens is 669 g/mol. The molecule has 1 amide bonds. The standard InChI is InChI=1S/C39H36N4O7S/c1-3-49-39(46)36-21-29-17-18-32(22-40-38(45)35-16-10-8-14-30(35)24-50-26(2)44)41-37(29)43(36)23-31-20-33(19-28-13-7-9-15-34(28)31)42-51(47,48)25-27-11-5-4-6-12-27/h4-21,42H,3,22-25H2,1-2H3,(H,40,45). The number of benzene rings is 4. The van der Waals surface area contributed by atoms with E-state index in [1.807, 2.05) is 36.4 Å². The van der Waals surface area contributed by atoms with Gasteiger partial charge in [0.25, 0.3) is 5.91 Å². The molecule has 0 radical (unpaired) electrons. The Labute approximate surface area is 295 Å². The summed E-state index contributed by atoms with van der Waals surface area (Å²) in [5.74, 6) is -1.53. The van der Waals surface area contributed by atoms with Crippen molar-refractivity contribution in [2.24, 2.45) is 0 Å². The molecule has 2 heterocycles. The van der Waals surface area contributed by atoms with Crippen molar-refractivity contribution in [1.29, 1.82) is 0 Å². The van der Waals surface area contributed by atoms with Crippen molar-refractivity contribution in [2.75, 3.05) is 11.3 Å². The Morgan fingerprint density at radius 2 is 1.55 bits per heavy atom. The molecule has 0 aliphatic heterocycles. The summed E-state index contributed by atoms with van der Waals surface area (Å²) in [6, 6.07) is 32.3. The van der Waals surface area contributed by atoms with Gasteiger partial charge < -0.3 is 19.4 Å². The quantitative estimate of drug-likeness (QED) is 0.132. The number of esters is 2. The van der Waals surface area contributed by atoms with Gasteiger partial charge in [0, 0.05) is 29.1 Å². The van der Waals surface area contributed by atoms with Crippen LogP contribution in [0.3, 0.4) is 0 Å². The Balaban J connectivity index is 1.33. The van der Waals surface area contributed by atoms with Crippen LogP contribution in [-0.2, 0) is 49.7 Å². The molecule has 0 fully saturated rings. The van der Waals surface area contributed by atoms with Crippen LogP contribution in [0.15, 0.2) is 109 Å². The third-order valence-electron chi connectivity index (χ3n) is 8.16. The predicted molar refractivity (Wildman–Crippen MR) is 195 cm³/mol. The lowest BCUT2D eigenvalue weighted by Crippen LogP contribution is -2.24. The maximum Gasteiger partial charge on any atom is 0.355 e. The first-order chi connectivity index (χ1) is 24.6. The number of anilines is 1. The van der Waals surface area contributed by atoms with Gasteiger partial charge >= 0.3 is 11.9 Å². The second-order valence-electron chi connectivity index (χ2n) is 11.9. The SMILES string of the molecule is CCOC(=O)c1cc2ccc(CNC(=O)c3ccccc3COC(C)=O)nc2n1Cc1cc(NS(=O)(=O)Cc2ccccc2)cc2ccccc12. The van der Waals surface area contributed by atoms with Crippen molar-refractivity contribution in [3.05, 3.63) is 143 Å². The third-order valence-corrected chi connectivity index (χ3v) is 9.42. The van der Waals surface area contributed by atoms with Gasteiger partial charge in [0.2, 0.25) is 10.0 Å². The number of nitrogens with one attached hydrogen (secondary N) is 2. The Bertz CT molecular complexity index is 2350. The van der Waals surface area contributed by atoms with Crippen molar-refractivity contribution in [1.82, 2.24) is 14.9 Å². The molecule has 0 spiro atoms. The Morgan fingerprint density at radius 3 is 2.33 bits per heavy atom. The van der Waals surface area contributed by atoms with Crippen LogP contribution in [0, 0.1) is 0 Å². The molecular formula is C39H36N4O7S. The molecule has 0 aliphatic rings. The third kappa shape index (κ3) is 8.42. The number of ether oxygens (including phenoxy) is 2. The summed E-state index contributed by atoms with van der Waals surface area (Å²) in [6.45, 7) is 3.43. The first-order valence-corrected chi connectivity index (χ1v) is 18.0. The summed E-state index contributed by atoms with van der Waals surface area (Å²) in [5.41, 5.74) is 4.04. The number of fused-ring (bicyclic) bond motifs is 2. The highest BCUT2D eigenvalue weighted by molar-refractivity contribution is 7.91. The zero-order valence-electron chi connectivity index (χ0n) is 28.1. The van der Waals surface area contributed by atoms with Gasteiger partial charge in [-0.25, -0.2) is 18.2 Å². The van der Waals surface area contributed by atoms with E-state index in [-0.39, 0.29) is 43.7 Å². The first-order valence-electron chi connectivity index (χ1n) is 16.3. The molecule has 0 aliphatic carbocycles. The van der Waals surface area contributed by atoms with Gasteiger partial charge in [0.05, 0.1) is 31.1 Å².